The molecule has 5 nitrogen and oxygen atoms in total. The van der Waals surface area contributed by atoms with Crippen LogP contribution in [-0.4, -0.2) is 37.5 Å². The van der Waals surface area contributed by atoms with E-state index in [0.29, 0.717) is 0 Å². The lowest BCUT2D eigenvalue weighted by molar-refractivity contribution is -0.131. The van der Waals surface area contributed by atoms with Crippen LogP contribution in [0.3, 0.4) is 0 Å². The predicted molar refractivity (Wildman–Crippen MR) is 49.1 cm³/mol. The first kappa shape index (κ1) is 12.0. The highest BCUT2D eigenvalue weighted by Gasteiger charge is 2.04. The van der Waals surface area contributed by atoms with Crippen LogP contribution in [0.25, 0.3) is 0 Å². The molecule has 0 fully saturated rings. The Morgan fingerprint density at radius 1 is 1.54 bits per heavy atom. The Balaban J connectivity index is 3.64. The van der Waals surface area contributed by atoms with Crippen LogP contribution >= 0.6 is 0 Å². The summed E-state index contributed by atoms with van der Waals surface area (Å²) in [7, 11) is -2.96. The number of carboxylic acids is 1. The van der Waals surface area contributed by atoms with Gasteiger partial charge in [-0.25, -0.2) is 13.2 Å². The second-order valence-corrected chi connectivity index (χ2v) is 4.83. The zero-order valence-corrected chi connectivity index (χ0v) is 8.17. The van der Waals surface area contributed by atoms with E-state index in [-0.39, 0.29) is 18.1 Å². The molecule has 0 aromatic rings. The summed E-state index contributed by atoms with van der Waals surface area (Å²) >= 11 is 0. The Morgan fingerprint density at radius 3 is 2.62 bits per heavy atom. The molecular formula is C7H13NO4S. The number of hydrogen-bond donors (Lipinski definition) is 2. The molecule has 13 heavy (non-hydrogen) atoms. The topological polar surface area (TPSA) is 83.5 Å². The van der Waals surface area contributed by atoms with Gasteiger partial charge in [-0.2, -0.15) is 0 Å². The van der Waals surface area contributed by atoms with E-state index in [1.807, 2.05) is 0 Å². The molecule has 0 unspecified atom stereocenters. The Hall–Kier alpha value is -1.04. The van der Waals surface area contributed by atoms with Crippen molar-refractivity contribution in [3.8, 4) is 0 Å². The van der Waals surface area contributed by atoms with Crippen molar-refractivity contribution >= 4 is 15.8 Å². The normalized spacial score (nSPS) is 11.8. The SMILES string of the molecule is CCS(=O)(=O)CCN/C=C/C(=O)O. The number of nitrogens with one attached hydrogen (secondary N) is 1. The van der Waals surface area contributed by atoms with E-state index in [1.165, 1.54) is 6.20 Å². The molecule has 0 rings (SSSR count). The van der Waals surface area contributed by atoms with Crippen molar-refractivity contribution in [1.82, 2.24) is 5.32 Å². The van der Waals surface area contributed by atoms with E-state index in [2.05, 4.69) is 5.32 Å². The summed E-state index contributed by atoms with van der Waals surface area (Å²) < 4.78 is 21.8. The Bertz CT molecular complexity index is 281. The van der Waals surface area contributed by atoms with E-state index in [0.717, 1.165) is 6.08 Å². The Kier molecular flexibility index (Phi) is 5.13. The van der Waals surface area contributed by atoms with Gasteiger partial charge in [-0.3, -0.25) is 0 Å². The molecule has 2 N–H and O–H groups in total. The summed E-state index contributed by atoms with van der Waals surface area (Å²) in [6, 6.07) is 0. The van der Waals surface area contributed by atoms with Crippen LogP contribution in [-0.2, 0) is 14.6 Å². The van der Waals surface area contributed by atoms with E-state index >= 15 is 0 Å². The molecule has 0 saturated carbocycles. The van der Waals surface area contributed by atoms with Gasteiger partial charge in [0.2, 0.25) is 0 Å². The molecule has 6 heteroatoms. The van der Waals surface area contributed by atoms with E-state index < -0.39 is 15.8 Å². The fourth-order valence-electron chi connectivity index (χ4n) is 0.572. The fourth-order valence-corrected chi connectivity index (χ4v) is 1.29. The zero-order chi connectivity index (χ0) is 10.3. The lowest BCUT2D eigenvalue weighted by Crippen LogP contribution is -2.20. The molecule has 0 aliphatic heterocycles. The van der Waals surface area contributed by atoms with Gasteiger partial charge in [0.15, 0.2) is 9.84 Å². The van der Waals surface area contributed by atoms with Gasteiger partial charge >= 0.3 is 5.97 Å². The lowest BCUT2D eigenvalue weighted by Gasteiger charge is -2.00. The summed E-state index contributed by atoms with van der Waals surface area (Å²) in [5.74, 6) is -0.934. The molecule has 0 aromatic carbocycles. The van der Waals surface area contributed by atoms with Gasteiger partial charge in [0, 0.05) is 24.6 Å². The molecular weight excluding hydrogens is 194 g/mol. The van der Waals surface area contributed by atoms with Crippen LogP contribution in [0.4, 0.5) is 0 Å². The van der Waals surface area contributed by atoms with Gasteiger partial charge in [0.1, 0.15) is 0 Å². The van der Waals surface area contributed by atoms with E-state index in [9.17, 15) is 13.2 Å². The monoisotopic (exact) mass is 207 g/mol. The summed E-state index contributed by atoms with van der Waals surface area (Å²) in [6.45, 7) is 1.81. The molecule has 0 heterocycles. The minimum absolute atomic E-state index is 0.0213. The maximum Gasteiger partial charge on any atom is 0.329 e. The molecule has 0 aromatic heterocycles. The van der Waals surface area contributed by atoms with Gasteiger partial charge in [-0.05, 0) is 0 Å². The van der Waals surface area contributed by atoms with Crippen LogP contribution in [0, 0.1) is 0 Å². The molecule has 0 aliphatic carbocycles. The number of rotatable bonds is 6. The summed E-state index contributed by atoms with van der Waals surface area (Å²) in [5, 5.41) is 10.7. The maximum absolute atomic E-state index is 10.9. The van der Waals surface area contributed by atoms with Gasteiger partial charge in [0.25, 0.3) is 0 Å². The highest BCUT2D eigenvalue weighted by molar-refractivity contribution is 7.91. The number of carboxylic acid groups (broad SMARTS) is 1. The minimum atomic E-state index is -2.96. The van der Waals surface area contributed by atoms with Crippen molar-refractivity contribution in [3.63, 3.8) is 0 Å². The van der Waals surface area contributed by atoms with E-state index in [1.54, 1.807) is 6.92 Å². The maximum atomic E-state index is 10.9. The third-order valence-electron chi connectivity index (χ3n) is 1.34. The number of hydrogen-bond acceptors (Lipinski definition) is 4. The number of carbonyl (C=O) groups is 1. The van der Waals surface area contributed by atoms with Crippen molar-refractivity contribution in [2.45, 2.75) is 6.92 Å². The van der Waals surface area contributed by atoms with Crippen LogP contribution < -0.4 is 5.32 Å². The predicted octanol–water partition coefficient (Wildman–Crippen LogP) is -0.391. The van der Waals surface area contributed by atoms with Crippen LogP contribution in [0.2, 0.25) is 0 Å². The molecule has 0 atom stereocenters. The largest absolute Gasteiger partial charge is 0.478 e. The molecule has 0 aliphatic rings. The average Bonchev–Trinajstić information content (AvgIpc) is 2.03. The third kappa shape index (κ3) is 7.32. The van der Waals surface area contributed by atoms with Crippen molar-refractivity contribution in [2.24, 2.45) is 0 Å². The molecule has 0 saturated heterocycles. The summed E-state index contributed by atoms with van der Waals surface area (Å²) in [6.07, 6.45) is 2.13. The first-order chi connectivity index (χ1) is 5.98. The van der Waals surface area contributed by atoms with Crippen molar-refractivity contribution in [3.05, 3.63) is 12.3 Å². The second kappa shape index (κ2) is 5.58. The van der Waals surface area contributed by atoms with Crippen molar-refractivity contribution in [1.29, 1.82) is 0 Å². The first-order valence-electron chi connectivity index (χ1n) is 3.81. The van der Waals surface area contributed by atoms with Crippen molar-refractivity contribution < 1.29 is 18.3 Å². The lowest BCUT2D eigenvalue weighted by atomic mass is 10.6. The quantitative estimate of drug-likeness (QED) is 0.458. The molecule has 0 bridgehead atoms. The summed E-state index contributed by atoms with van der Waals surface area (Å²) in [4.78, 5) is 9.97. The smallest absolute Gasteiger partial charge is 0.329 e. The third-order valence-corrected chi connectivity index (χ3v) is 3.05. The highest BCUT2D eigenvalue weighted by Crippen LogP contribution is 1.86. The fraction of sp³-hybridized carbons (Fsp3) is 0.571. The minimum Gasteiger partial charge on any atom is -0.478 e. The van der Waals surface area contributed by atoms with Crippen molar-refractivity contribution in [2.75, 3.05) is 18.1 Å². The van der Waals surface area contributed by atoms with Gasteiger partial charge in [0.05, 0.1) is 5.75 Å². The molecule has 0 amide bonds. The average molecular weight is 207 g/mol. The summed E-state index contributed by atoms with van der Waals surface area (Å²) in [5.41, 5.74) is 0. The van der Waals surface area contributed by atoms with Gasteiger partial charge < -0.3 is 10.4 Å². The number of sulfone groups is 1. The van der Waals surface area contributed by atoms with Crippen LogP contribution in [0.5, 0.6) is 0 Å². The Labute approximate surface area is 77.4 Å². The van der Waals surface area contributed by atoms with Crippen LogP contribution in [0.15, 0.2) is 12.3 Å². The van der Waals surface area contributed by atoms with Crippen LogP contribution in [0.1, 0.15) is 6.92 Å². The molecule has 76 valence electrons. The zero-order valence-electron chi connectivity index (χ0n) is 7.36. The standard InChI is InChI=1S/C7H13NO4S/c1-2-13(11,12)6-5-8-4-3-7(9)10/h3-4,8H,2,5-6H2,1H3,(H,9,10)/b4-3+. The Morgan fingerprint density at radius 2 is 2.15 bits per heavy atom. The van der Waals surface area contributed by atoms with E-state index in [4.69, 9.17) is 5.11 Å². The molecule has 0 radical (unpaired) electrons. The highest BCUT2D eigenvalue weighted by atomic mass is 32.2. The number of aliphatic carboxylic acids is 1. The van der Waals surface area contributed by atoms with Gasteiger partial charge in [-0.15, -0.1) is 0 Å². The first-order valence-corrected chi connectivity index (χ1v) is 5.63. The second-order valence-electron chi connectivity index (χ2n) is 2.36. The van der Waals surface area contributed by atoms with Gasteiger partial charge in [-0.1, -0.05) is 6.92 Å². The molecule has 0 spiro atoms.